The molecule has 1 fully saturated rings. The summed E-state index contributed by atoms with van der Waals surface area (Å²) in [6.07, 6.45) is -0.969. The van der Waals surface area contributed by atoms with Crippen molar-refractivity contribution in [2.45, 2.75) is 36.4 Å². The van der Waals surface area contributed by atoms with Gasteiger partial charge in [-0.15, -0.1) is 11.8 Å². The minimum absolute atomic E-state index is 0.0768. The number of nitrogens with zero attached hydrogens (tertiary/aromatic N) is 2. The van der Waals surface area contributed by atoms with Crippen LogP contribution in [0.1, 0.15) is 36.5 Å². The first-order valence-electron chi connectivity index (χ1n) is 12.5. The van der Waals surface area contributed by atoms with Crippen LogP contribution < -0.4 is 4.74 Å². The molecule has 3 atom stereocenters. The molecule has 0 unspecified atom stereocenters. The average Bonchev–Trinajstić information content (AvgIpc) is 2.91. The van der Waals surface area contributed by atoms with E-state index >= 15 is 0 Å². The molecule has 3 aromatic rings. The van der Waals surface area contributed by atoms with Crippen LogP contribution in [0.3, 0.4) is 0 Å². The van der Waals surface area contributed by atoms with Crippen LogP contribution in [0.15, 0.2) is 59.6 Å². The Labute approximate surface area is 219 Å². The fourth-order valence-electron chi connectivity index (χ4n) is 5.09. The number of piperidine rings is 1. The second kappa shape index (κ2) is 12.5. The number of fused-ring (bicyclic) bond motifs is 1. The third-order valence-corrected chi connectivity index (χ3v) is 8.17. The van der Waals surface area contributed by atoms with Crippen LogP contribution in [0.2, 0.25) is 0 Å². The van der Waals surface area contributed by atoms with Gasteiger partial charge in [0.25, 0.3) is 0 Å². The molecule has 37 heavy (non-hydrogen) atoms. The number of likely N-dealkylation sites (tertiary alicyclic amines) is 1. The van der Waals surface area contributed by atoms with Gasteiger partial charge in [0.1, 0.15) is 5.75 Å². The normalized spacial score (nSPS) is 19.7. The first-order chi connectivity index (χ1) is 17.8. The number of hydrogen-bond acceptors (Lipinski definition) is 6. The van der Waals surface area contributed by atoms with Gasteiger partial charge < -0.3 is 19.8 Å². The molecule has 0 aliphatic carbocycles. The molecule has 1 aliphatic rings. The highest BCUT2D eigenvalue weighted by molar-refractivity contribution is 7.99. The number of thioether (sulfide) groups is 1. The number of methoxy groups -OCH3 is 1. The van der Waals surface area contributed by atoms with Crippen molar-refractivity contribution < 1.29 is 28.1 Å². The highest BCUT2D eigenvalue weighted by Crippen LogP contribution is 2.34. The zero-order valence-corrected chi connectivity index (χ0v) is 21.6. The molecule has 5 nitrogen and oxygen atoms in total. The molecule has 0 radical (unpaired) electrons. The van der Waals surface area contributed by atoms with Crippen LogP contribution in [0, 0.1) is 11.8 Å². The van der Waals surface area contributed by atoms with Crippen LogP contribution in [-0.2, 0) is 6.18 Å². The molecule has 1 saturated heterocycles. The molecule has 0 saturated carbocycles. The summed E-state index contributed by atoms with van der Waals surface area (Å²) in [5, 5.41) is 21.9. The Bertz CT molecular complexity index is 1180. The van der Waals surface area contributed by atoms with E-state index in [2.05, 4.69) is 9.88 Å². The molecular formula is C28H33F3N2O3S. The maximum atomic E-state index is 12.9. The van der Waals surface area contributed by atoms with E-state index in [-0.39, 0.29) is 12.5 Å². The van der Waals surface area contributed by atoms with E-state index in [1.807, 2.05) is 24.3 Å². The Balaban J connectivity index is 1.28. The third-order valence-electron chi connectivity index (χ3n) is 7.20. The third kappa shape index (κ3) is 7.16. The van der Waals surface area contributed by atoms with Crippen LogP contribution in [0.4, 0.5) is 13.2 Å². The maximum absolute atomic E-state index is 12.9. The molecule has 1 aromatic heterocycles. The molecule has 0 spiro atoms. The lowest BCUT2D eigenvalue weighted by Gasteiger charge is -2.38. The Morgan fingerprint density at radius 2 is 2.00 bits per heavy atom. The van der Waals surface area contributed by atoms with Crippen molar-refractivity contribution in [3.63, 3.8) is 0 Å². The Hall–Kier alpha value is -2.33. The molecule has 2 N–H and O–H groups in total. The Morgan fingerprint density at radius 3 is 2.76 bits per heavy atom. The lowest BCUT2D eigenvalue weighted by atomic mass is 9.81. The standard InChI is InChI=1S/C28H33F3N2O3S/c1-36-22-6-7-26-25(16-22)24(9-11-32-26)27(35)8-5-19-10-12-33(17-20(19)18-34)13-14-37-23-4-2-3-21(15-23)28(29,30)31/h2-4,6-7,9,11,15-16,19-20,27,34-35H,5,8,10,12-14,17-18H2,1H3/t19-,20-,27-/m1/s1. The molecule has 200 valence electrons. The van der Waals surface area contributed by atoms with Gasteiger partial charge in [0.2, 0.25) is 0 Å². The minimum atomic E-state index is -4.34. The number of benzene rings is 2. The lowest BCUT2D eigenvalue weighted by molar-refractivity contribution is -0.137. The predicted octanol–water partition coefficient (Wildman–Crippen LogP) is 5.80. The summed E-state index contributed by atoms with van der Waals surface area (Å²) in [6, 6.07) is 12.9. The molecule has 2 heterocycles. The van der Waals surface area contributed by atoms with Gasteiger partial charge in [-0.3, -0.25) is 4.98 Å². The minimum Gasteiger partial charge on any atom is -0.497 e. The second-order valence-corrected chi connectivity index (χ2v) is 10.7. The summed E-state index contributed by atoms with van der Waals surface area (Å²) in [4.78, 5) is 7.27. The fourth-order valence-corrected chi connectivity index (χ4v) is 6.06. The quantitative estimate of drug-likeness (QED) is 0.321. The van der Waals surface area contributed by atoms with Gasteiger partial charge in [-0.2, -0.15) is 13.2 Å². The number of pyridine rings is 1. The van der Waals surface area contributed by atoms with Crippen LogP contribution in [-0.4, -0.2) is 59.2 Å². The van der Waals surface area contributed by atoms with Crippen LogP contribution in [0.5, 0.6) is 5.75 Å². The monoisotopic (exact) mass is 534 g/mol. The summed E-state index contributed by atoms with van der Waals surface area (Å²) in [5.74, 6) is 1.80. The molecule has 2 aromatic carbocycles. The zero-order chi connectivity index (χ0) is 26.4. The summed E-state index contributed by atoms with van der Waals surface area (Å²) in [7, 11) is 1.61. The summed E-state index contributed by atoms with van der Waals surface area (Å²) >= 11 is 1.42. The number of halogens is 3. The summed E-state index contributed by atoms with van der Waals surface area (Å²) in [6.45, 7) is 2.44. The zero-order valence-electron chi connectivity index (χ0n) is 20.8. The van der Waals surface area contributed by atoms with E-state index in [1.165, 1.54) is 23.9 Å². The number of aliphatic hydroxyl groups is 2. The van der Waals surface area contributed by atoms with E-state index in [1.54, 1.807) is 19.4 Å². The first-order valence-corrected chi connectivity index (χ1v) is 13.5. The van der Waals surface area contributed by atoms with Gasteiger partial charge >= 0.3 is 6.18 Å². The van der Waals surface area contributed by atoms with Gasteiger partial charge in [-0.1, -0.05) is 6.07 Å². The maximum Gasteiger partial charge on any atom is 0.416 e. The smallest absolute Gasteiger partial charge is 0.416 e. The topological polar surface area (TPSA) is 65.8 Å². The van der Waals surface area contributed by atoms with Crippen LogP contribution in [0.25, 0.3) is 10.9 Å². The van der Waals surface area contributed by atoms with Gasteiger partial charge in [-0.05, 0) is 85.7 Å². The van der Waals surface area contributed by atoms with Crippen molar-refractivity contribution in [3.05, 3.63) is 65.9 Å². The summed E-state index contributed by atoms with van der Waals surface area (Å²) in [5.41, 5.74) is 1.01. The number of aromatic nitrogens is 1. The van der Waals surface area contributed by atoms with Gasteiger partial charge in [0.15, 0.2) is 0 Å². The van der Waals surface area contributed by atoms with Crippen molar-refractivity contribution in [2.75, 3.05) is 39.1 Å². The Kier molecular flexibility index (Phi) is 9.34. The van der Waals surface area contributed by atoms with Gasteiger partial charge in [0.05, 0.1) is 24.3 Å². The summed E-state index contributed by atoms with van der Waals surface area (Å²) < 4.78 is 44.2. The number of rotatable bonds is 10. The molecule has 0 amide bonds. The molecule has 0 bridgehead atoms. The van der Waals surface area contributed by atoms with Crippen molar-refractivity contribution in [1.29, 1.82) is 0 Å². The second-order valence-electron chi connectivity index (χ2n) is 9.54. The van der Waals surface area contributed by atoms with Crippen molar-refractivity contribution in [1.82, 2.24) is 9.88 Å². The lowest BCUT2D eigenvalue weighted by Crippen LogP contribution is -2.43. The molecule has 4 rings (SSSR count). The van der Waals surface area contributed by atoms with E-state index in [0.29, 0.717) is 28.7 Å². The highest BCUT2D eigenvalue weighted by Gasteiger charge is 2.31. The average molecular weight is 535 g/mol. The number of hydrogen-bond donors (Lipinski definition) is 2. The van der Waals surface area contributed by atoms with Crippen molar-refractivity contribution in [3.8, 4) is 5.75 Å². The number of aliphatic hydroxyl groups excluding tert-OH is 2. The van der Waals surface area contributed by atoms with Crippen LogP contribution >= 0.6 is 11.8 Å². The molecular weight excluding hydrogens is 501 g/mol. The Morgan fingerprint density at radius 1 is 1.16 bits per heavy atom. The molecule has 9 heteroatoms. The van der Waals surface area contributed by atoms with E-state index in [9.17, 15) is 23.4 Å². The predicted molar refractivity (Wildman–Crippen MR) is 140 cm³/mol. The SMILES string of the molecule is COc1ccc2nccc([C@H](O)CC[C@@H]3CCN(CCSc4cccc(C(F)(F)F)c4)C[C@@H]3CO)c2c1. The highest BCUT2D eigenvalue weighted by atomic mass is 32.2. The van der Waals surface area contributed by atoms with Crippen molar-refractivity contribution in [2.24, 2.45) is 11.8 Å². The van der Waals surface area contributed by atoms with E-state index < -0.39 is 17.8 Å². The fraction of sp³-hybridized carbons (Fsp3) is 0.464. The largest absolute Gasteiger partial charge is 0.497 e. The number of alkyl halides is 3. The van der Waals surface area contributed by atoms with Gasteiger partial charge in [-0.25, -0.2) is 0 Å². The van der Waals surface area contributed by atoms with Crippen molar-refractivity contribution >= 4 is 22.7 Å². The van der Waals surface area contributed by atoms with E-state index in [4.69, 9.17) is 4.74 Å². The molecule has 1 aliphatic heterocycles. The first kappa shape index (κ1) is 27.7. The number of ether oxygens (including phenoxy) is 1. The van der Waals surface area contributed by atoms with E-state index in [0.717, 1.165) is 55.0 Å². The van der Waals surface area contributed by atoms with Gasteiger partial charge in [0, 0.05) is 41.9 Å².